The van der Waals surface area contributed by atoms with E-state index in [0.717, 1.165) is 28.9 Å². The fraction of sp³-hybridized carbons (Fsp3) is 0.250. The Balaban J connectivity index is 2.02. The van der Waals surface area contributed by atoms with Gasteiger partial charge in [0.05, 0.1) is 22.9 Å². The number of benzene rings is 2. The molecular weight excluding hydrogens is 270 g/mol. The van der Waals surface area contributed by atoms with Gasteiger partial charge in [0.1, 0.15) is 0 Å². The molecule has 4 rings (SSSR count). The second-order valence-electron chi connectivity index (χ2n) is 6.34. The highest BCUT2D eigenvalue weighted by atomic mass is 16.3. The first-order chi connectivity index (χ1) is 10.6. The molecule has 1 heterocycles. The van der Waals surface area contributed by atoms with E-state index in [0.29, 0.717) is 0 Å². The van der Waals surface area contributed by atoms with E-state index < -0.39 is 11.5 Å². The molecule has 0 spiro atoms. The highest BCUT2D eigenvalue weighted by Gasteiger charge is 2.51. The van der Waals surface area contributed by atoms with Crippen molar-refractivity contribution in [3.63, 3.8) is 0 Å². The number of aliphatic imine (C=N–C) groups is 1. The van der Waals surface area contributed by atoms with Crippen LogP contribution in [0.4, 0.5) is 5.69 Å². The Morgan fingerprint density at radius 1 is 1.00 bits per heavy atom. The molecule has 1 aliphatic carbocycles. The quantitative estimate of drug-likeness (QED) is 0.824. The van der Waals surface area contributed by atoms with Crippen molar-refractivity contribution in [1.29, 1.82) is 0 Å². The summed E-state index contributed by atoms with van der Waals surface area (Å²) in [6.45, 7) is 4.28. The number of aliphatic hydroxyl groups is 1. The van der Waals surface area contributed by atoms with Crippen LogP contribution in [-0.4, -0.2) is 10.8 Å². The lowest BCUT2D eigenvalue weighted by molar-refractivity contribution is 0.117. The number of hydrogen-bond donors (Lipinski definition) is 1. The molecule has 0 unspecified atom stereocenters. The lowest BCUT2D eigenvalue weighted by atomic mass is 9.67. The maximum absolute atomic E-state index is 11.3. The second kappa shape index (κ2) is 4.65. The predicted octanol–water partition coefficient (Wildman–Crippen LogP) is 4.48. The minimum atomic E-state index is -0.564. The van der Waals surface area contributed by atoms with E-state index in [9.17, 15) is 5.11 Å². The largest absolute Gasteiger partial charge is 0.387 e. The second-order valence-corrected chi connectivity index (χ2v) is 6.34. The molecule has 0 fully saturated rings. The van der Waals surface area contributed by atoms with Crippen LogP contribution in [0.15, 0.2) is 70.7 Å². The van der Waals surface area contributed by atoms with E-state index in [-0.39, 0.29) is 0 Å². The van der Waals surface area contributed by atoms with Gasteiger partial charge in [-0.2, -0.15) is 0 Å². The number of allylic oxidation sites excluding steroid dienone is 2. The number of hydrogen-bond acceptors (Lipinski definition) is 2. The molecule has 110 valence electrons. The molecule has 22 heavy (non-hydrogen) atoms. The molecule has 0 saturated heterocycles. The molecule has 1 N–H and O–H groups in total. The Morgan fingerprint density at radius 3 is 2.45 bits per heavy atom. The van der Waals surface area contributed by atoms with Crippen molar-refractivity contribution in [2.24, 2.45) is 4.99 Å². The van der Waals surface area contributed by atoms with Crippen LogP contribution in [-0.2, 0) is 5.41 Å². The molecule has 2 aromatic rings. The molecule has 2 nitrogen and oxygen atoms in total. The molecule has 0 saturated carbocycles. The van der Waals surface area contributed by atoms with Crippen molar-refractivity contribution in [1.82, 2.24) is 0 Å². The van der Waals surface area contributed by atoms with E-state index >= 15 is 0 Å². The van der Waals surface area contributed by atoms with Crippen molar-refractivity contribution in [3.05, 3.63) is 76.9 Å². The summed E-state index contributed by atoms with van der Waals surface area (Å²) in [6, 6.07) is 18.2. The highest BCUT2D eigenvalue weighted by molar-refractivity contribution is 6.13. The minimum absolute atomic E-state index is 0.441. The van der Waals surface area contributed by atoms with E-state index in [4.69, 9.17) is 4.99 Å². The van der Waals surface area contributed by atoms with E-state index in [1.807, 2.05) is 42.5 Å². The van der Waals surface area contributed by atoms with Crippen molar-refractivity contribution in [2.45, 2.75) is 31.8 Å². The molecule has 2 atom stereocenters. The van der Waals surface area contributed by atoms with Crippen LogP contribution >= 0.6 is 0 Å². The Bertz CT molecular complexity index is 803. The highest BCUT2D eigenvalue weighted by Crippen LogP contribution is 2.54. The molecule has 1 aliphatic heterocycles. The minimum Gasteiger partial charge on any atom is -0.387 e. The Hall–Kier alpha value is -2.19. The van der Waals surface area contributed by atoms with Crippen LogP contribution in [0.3, 0.4) is 0 Å². The average Bonchev–Trinajstić information content (AvgIpc) is 2.82. The summed E-state index contributed by atoms with van der Waals surface area (Å²) in [4.78, 5) is 4.94. The molecule has 0 aromatic heterocycles. The predicted molar refractivity (Wildman–Crippen MR) is 89.6 cm³/mol. The summed E-state index contributed by atoms with van der Waals surface area (Å²) in [5.41, 5.74) is 6.09. The van der Waals surface area contributed by atoms with Crippen LogP contribution < -0.4 is 0 Å². The van der Waals surface area contributed by atoms with Gasteiger partial charge in [-0.15, -0.1) is 0 Å². The monoisotopic (exact) mass is 289 g/mol. The normalized spacial score (nSPS) is 26.5. The lowest BCUT2D eigenvalue weighted by Gasteiger charge is -2.40. The smallest absolute Gasteiger partial charge is 0.0966 e. The van der Waals surface area contributed by atoms with Gasteiger partial charge in [-0.05, 0) is 37.5 Å². The molecule has 2 aliphatic rings. The summed E-state index contributed by atoms with van der Waals surface area (Å²) in [7, 11) is 0. The van der Waals surface area contributed by atoms with Crippen LogP contribution in [0.1, 0.15) is 37.5 Å². The lowest BCUT2D eigenvalue weighted by Crippen LogP contribution is -2.41. The van der Waals surface area contributed by atoms with Crippen molar-refractivity contribution >= 4 is 11.4 Å². The molecular formula is C20H19NO. The third-order valence-electron chi connectivity index (χ3n) is 5.18. The molecule has 0 amide bonds. The van der Waals surface area contributed by atoms with Gasteiger partial charge in [0.2, 0.25) is 0 Å². The van der Waals surface area contributed by atoms with Crippen molar-refractivity contribution in [3.8, 4) is 0 Å². The maximum Gasteiger partial charge on any atom is 0.0966 e. The molecule has 0 radical (unpaired) electrons. The number of rotatable bonds is 1. The van der Waals surface area contributed by atoms with E-state index in [1.165, 1.54) is 11.1 Å². The van der Waals surface area contributed by atoms with Gasteiger partial charge in [0, 0.05) is 5.56 Å². The fourth-order valence-electron chi connectivity index (χ4n) is 3.92. The standard InChI is InChI=1S/C20H19NO/c1-13-12-20(15-8-4-3-5-9-15)18(14(13)2)21-17-11-7-6-10-16(17)19(20)22/h3-11,19,22H,12H2,1-2H3/t19-,20-/m1/s1. The number of nitrogens with zero attached hydrogens (tertiary/aromatic N) is 1. The van der Waals surface area contributed by atoms with Crippen LogP contribution in [0.5, 0.6) is 0 Å². The van der Waals surface area contributed by atoms with Crippen molar-refractivity contribution in [2.75, 3.05) is 0 Å². The van der Waals surface area contributed by atoms with Gasteiger partial charge in [0.15, 0.2) is 0 Å². The average molecular weight is 289 g/mol. The van der Waals surface area contributed by atoms with E-state index in [1.54, 1.807) is 0 Å². The summed E-state index contributed by atoms with van der Waals surface area (Å²) in [5.74, 6) is 0. The van der Waals surface area contributed by atoms with Gasteiger partial charge < -0.3 is 5.11 Å². The third-order valence-corrected chi connectivity index (χ3v) is 5.18. The summed E-state index contributed by atoms with van der Waals surface area (Å²) >= 11 is 0. The SMILES string of the molecule is CC1=C(C)C2=Nc3ccccc3[C@@H](O)[C@@]2(c2ccccc2)C1. The summed E-state index contributed by atoms with van der Waals surface area (Å²) in [6.07, 6.45) is 0.267. The zero-order chi connectivity index (χ0) is 15.3. The topological polar surface area (TPSA) is 32.6 Å². The number of para-hydroxylation sites is 1. The van der Waals surface area contributed by atoms with Crippen molar-refractivity contribution < 1.29 is 5.11 Å². The van der Waals surface area contributed by atoms with Crippen LogP contribution in [0.2, 0.25) is 0 Å². The first-order valence-electron chi connectivity index (χ1n) is 7.73. The van der Waals surface area contributed by atoms with Crippen LogP contribution in [0.25, 0.3) is 0 Å². The molecule has 2 aromatic carbocycles. The molecule has 2 heteroatoms. The summed E-state index contributed by atoms with van der Waals surface area (Å²) < 4.78 is 0. The van der Waals surface area contributed by atoms with Gasteiger partial charge in [0.25, 0.3) is 0 Å². The Kier molecular flexibility index (Phi) is 2.85. The zero-order valence-corrected chi connectivity index (χ0v) is 12.9. The summed E-state index contributed by atoms with van der Waals surface area (Å²) in [5, 5.41) is 11.3. The van der Waals surface area contributed by atoms with Gasteiger partial charge >= 0.3 is 0 Å². The number of fused-ring (bicyclic) bond motifs is 2. The zero-order valence-electron chi connectivity index (χ0n) is 12.9. The third kappa shape index (κ3) is 1.62. The first-order valence-corrected chi connectivity index (χ1v) is 7.73. The maximum atomic E-state index is 11.3. The van der Waals surface area contributed by atoms with Gasteiger partial charge in [-0.3, -0.25) is 4.99 Å². The first kappa shape index (κ1) is 13.5. The Morgan fingerprint density at radius 2 is 1.68 bits per heavy atom. The molecule has 0 bridgehead atoms. The van der Waals surface area contributed by atoms with E-state index in [2.05, 4.69) is 26.0 Å². The fourth-order valence-corrected chi connectivity index (χ4v) is 3.92. The van der Waals surface area contributed by atoms with Gasteiger partial charge in [-0.1, -0.05) is 54.1 Å². The van der Waals surface area contributed by atoms with Crippen LogP contribution in [0, 0.1) is 0 Å². The number of aliphatic hydroxyl groups excluding tert-OH is 1. The Labute approximate surface area is 130 Å². The van der Waals surface area contributed by atoms with Gasteiger partial charge in [-0.25, -0.2) is 0 Å².